The van der Waals surface area contributed by atoms with Gasteiger partial charge in [-0.05, 0) is 13.0 Å². The lowest BCUT2D eigenvalue weighted by atomic mass is 10.3. The van der Waals surface area contributed by atoms with Crippen molar-refractivity contribution in [1.29, 1.82) is 0 Å². The van der Waals surface area contributed by atoms with Gasteiger partial charge >= 0.3 is 0 Å². The number of aliphatic imine (C=N–C) groups is 1. The summed E-state index contributed by atoms with van der Waals surface area (Å²) in [6.45, 7) is 5.53. The van der Waals surface area contributed by atoms with Crippen LogP contribution in [0.4, 0.5) is 0 Å². The third kappa shape index (κ3) is 10.3. The molecule has 0 aromatic heterocycles. The van der Waals surface area contributed by atoms with Gasteiger partial charge in [-0.2, -0.15) is 0 Å². The summed E-state index contributed by atoms with van der Waals surface area (Å²) in [6.07, 6.45) is 6.00. The molecule has 1 aliphatic heterocycles. The minimum Gasteiger partial charge on any atom is -0.379 e. The summed E-state index contributed by atoms with van der Waals surface area (Å²) in [4.78, 5) is 17.5. The third-order valence-electron chi connectivity index (χ3n) is 2.84. The number of guanidine groups is 1. The molecule has 120 valence electrons. The van der Waals surface area contributed by atoms with Gasteiger partial charge < -0.3 is 21.1 Å². The maximum absolute atomic E-state index is 11.2. The minimum atomic E-state index is -0.235. The van der Waals surface area contributed by atoms with Gasteiger partial charge in [-0.25, -0.2) is 4.99 Å². The van der Waals surface area contributed by atoms with E-state index in [4.69, 9.17) is 16.9 Å². The highest BCUT2D eigenvalue weighted by Crippen LogP contribution is 1.97. The van der Waals surface area contributed by atoms with Crippen LogP contribution in [0.1, 0.15) is 6.42 Å². The quantitative estimate of drug-likeness (QED) is 0.165. The Morgan fingerprint density at radius 3 is 2.76 bits per heavy atom. The van der Waals surface area contributed by atoms with Crippen molar-refractivity contribution >= 4 is 35.8 Å². The van der Waals surface area contributed by atoms with Crippen molar-refractivity contribution in [2.24, 2.45) is 10.7 Å². The Morgan fingerprint density at radius 1 is 1.38 bits per heavy atom. The molecule has 7 nitrogen and oxygen atoms in total. The third-order valence-corrected chi connectivity index (χ3v) is 2.84. The lowest BCUT2D eigenvalue weighted by Gasteiger charge is -2.26. The van der Waals surface area contributed by atoms with Gasteiger partial charge in [0.05, 0.1) is 19.8 Å². The maximum atomic E-state index is 11.2. The molecule has 1 aliphatic rings. The fourth-order valence-electron chi connectivity index (χ4n) is 1.76. The summed E-state index contributed by atoms with van der Waals surface area (Å²) in [7, 11) is 0. The van der Waals surface area contributed by atoms with Crippen LogP contribution in [-0.4, -0.2) is 69.2 Å². The number of morpholine rings is 1. The molecule has 1 rings (SSSR count). The summed E-state index contributed by atoms with van der Waals surface area (Å²) in [5, 5.41) is 5.50. The highest BCUT2D eigenvalue weighted by Gasteiger charge is 2.08. The molecule has 21 heavy (non-hydrogen) atoms. The van der Waals surface area contributed by atoms with Crippen LogP contribution in [0.3, 0.4) is 0 Å². The molecule has 0 unspecified atom stereocenters. The Balaban J connectivity index is 0.00000400. The molecular formula is C13H24IN5O2. The average Bonchev–Trinajstić information content (AvgIpc) is 2.48. The van der Waals surface area contributed by atoms with Crippen molar-refractivity contribution in [3.05, 3.63) is 0 Å². The molecule has 1 heterocycles. The van der Waals surface area contributed by atoms with Crippen LogP contribution in [-0.2, 0) is 9.53 Å². The Hall–Kier alpha value is -1.05. The van der Waals surface area contributed by atoms with E-state index in [2.05, 4.69) is 26.4 Å². The summed E-state index contributed by atoms with van der Waals surface area (Å²) in [6, 6.07) is 0. The number of hydrogen-bond donors (Lipinski definition) is 3. The predicted molar refractivity (Wildman–Crippen MR) is 93.6 cm³/mol. The Kier molecular flexibility index (Phi) is 12.0. The molecule has 8 heteroatoms. The molecule has 0 radical (unpaired) electrons. The van der Waals surface area contributed by atoms with E-state index in [0.29, 0.717) is 0 Å². The van der Waals surface area contributed by atoms with Crippen LogP contribution in [0, 0.1) is 12.3 Å². The average molecular weight is 409 g/mol. The normalized spacial score (nSPS) is 15.7. The first-order valence-corrected chi connectivity index (χ1v) is 6.76. The van der Waals surface area contributed by atoms with E-state index in [0.717, 1.165) is 45.8 Å². The predicted octanol–water partition coefficient (Wildman–Crippen LogP) is -1.02. The largest absolute Gasteiger partial charge is 0.379 e. The first kappa shape index (κ1) is 19.9. The van der Waals surface area contributed by atoms with E-state index in [9.17, 15) is 4.79 Å². The molecule has 1 saturated heterocycles. The lowest BCUT2D eigenvalue weighted by molar-refractivity contribution is -0.119. The van der Waals surface area contributed by atoms with Crippen molar-refractivity contribution in [1.82, 2.24) is 15.5 Å². The van der Waals surface area contributed by atoms with E-state index in [1.807, 2.05) is 0 Å². The van der Waals surface area contributed by atoms with Crippen LogP contribution in [0.25, 0.3) is 0 Å². The van der Waals surface area contributed by atoms with Gasteiger partial charge in [0.25, 0.3) is 0 Å². The number of nitrogens with zero attached hydrogens (tertiary/aromatic N) is 2. The summed E-state index contributed by atoms with van der Waals surface area (Å²) in [5.41, 5.74) is 5.65. The highest BCUT2D eigenvalue weighted by molar-refractivity contribution is 14.0. The van der Waals surface area contributed by atoms with E-state index < -0.39 is 0 Å². The fourth-order valence-corrected chi connectivity index (χ4v) is 1.76. The van der Waals surface area contributed by atoms with E-state index >= 15 is 0 Å². The molecule has 0 aromatic carbocycles. The SMILES string of the molecule is C#CCNC(=O)CN=C(N)NCCCN1CCOCC1.I. The number of carbonyl (C=O) groups is 1. The molecule has 0 spiro atoms. The zero-order valence-corrected chi connectivity index (χ0v) is 14.5. The van der Waals surface area contributed by atoms with Crippen LogP contribution in [0.2, 0.25) is 0 Å². The molecule has 0 aliphatic carbocycles. The van der Waals surface area contributed by atoms with Crippen molar-refractivity contribution in [2.45, 2.75) is 6.42 Å². The second kappa shape index (κ2) is 12.7. The smallest absolute Gasteiger partial charge is 0.242 e. The van der Waals surface area contributed by atoms with E-state index in [1.54, 1.807) is 0 Å². The van der Waals surface area contributed by atoms with Crippen molar-refractivity contribution in [3.63, 3.8) is 0 Å². The molecule has 0 saturated carbocycles. The fraction of sp³-hybridized carbons (Fsp3) is 0.692. The summed E-state index contributed by atoms with van der Waals surface area (Å²) < 4.78 is 5.28. The number of ether oxygens (including phenoxy) is 1. The number of carbonyl (C=O) groups excluding carboxylic acids is 1. The second-order valence-electron chi connectivity index (χ2n) is 4.42. The van der Waals surface area contributed by atoms with Crippen LogP contribution in [0.5, 0.6) is 0 Å². The molecule has 0 atom stereocenters. The number of nitrogens with two attached hydrogens (primary N) is 1. The minimum absolute atomic E-state index is 0. The number of hydrogen-bond acceptors (Lipinski definition) is 4. The van der Waals surface area contributed by atoms with Crippen LogP contribution >= 0.6 is 24.0 Å². The van der Waals surface area contributed by atoms with Crippen LogP contribution in [0.15, 0.2) is 4.99 Å². The second-order valence-corrected chi connectivity index (χ2v) is 4.42. The number of nitrogens with one attached hydrogen (secondary N) is 2. The van der Waals surface area contributed by atoms with Gasteiger partial charge in [0, 0.05) is 19.6 Å². The molecule has 1 amide bonds. The van der Waals surface area contributed by atoms with Crippen molar-refractivity contribution in [3.8, 4) is 12.3 Å². The van der Waals surface area contributed by atoms with Gasteiger partial charge in [-0.3, -0.25) is 9.69 Å². The molecule has 4 N–H and O–H groups in total. The van der Waals surface area contributed by atoms with Crippen molar-refractivity contribution < 1.29 is 9.53 Å². The zero-order valence-electron chi connectivity index (χ0n) is 12.1. The Bertz CT molecular complexity index is 364. The Morgan fingerprint density at radius 2 is 2.10 bits per heavy atom. The summed E-state index contributed by atoms with van der Waals surface area (Å²) in [5.74, 6) is 2.36. The molecule has 0 bridgehead atoms. The van der Waals surface area contributed by atoms with Gasteiger partial charge in [0.2, 0.25) is 5.91 Å². The monoisotopic (exact) mass is 409 g/mol. The summed E-state index contributed by atoms with van der Waals surface area (Å²) >= 11 is 0. The Labute approximate surface area is 143 Å². The molecule has 0 aromatic rings. The van der Waals surface area contributed by atoms with Crippen molar-refractivity contribution in [2.75, 3.05) is 52.5 Å². The maximum Gasteiger partial charge on any atom is 0.242 e. The van der Waals surface area contributed by atoms with Gasteiger partial charge in [-0.1, -0.05) is 5.92 Å². The standard InChI is InChI=1S/C13H23N5O2.HI/c1-2-4-15-12(19)11-17-13(14)16-5-3-6-18-7-9-20-10-8-18;/h1H,3-11H2,(H,15,19)(H3,14,16,17);1H. The van der Waals surface area contributed by atoms with E-state index in [1.165, 1.54) is 0 Å². The lowest BCUT2D eigenvalue weighted by Crippen LogP contribution is -2.39. The highest BCUT2D eigenvalue weighted by atomic mass is 127. The molecule has 1 fully saturated rings. The first-order valence-electron chi connectivity index (χ1n) is 6.76. The first-order chi connectivity index (χ1) is 9.72. The van der Waals surface area contributed by atoms with Gasteiger partial charge in [0.1, 0.15) is 6.54 Å². The van der Waals surface area contributed by atoms with Crippen LogP contribution < -0.4 is 16.4 Å². The number of terminal acetylenes is 1. The zero-order chi connectivity index (χ0) is 14.6. The number of amides is 1. The van der Waals surface area contributed by atoms with Gasteiger partial charge in [0.15, 0.2) is 5.96 Å². The molecular weight excluding hydrogens is 385 g/mol. The number of halogens is 1. The topological polar surface area (TPSA) is 92.0 Å². The number of rotatable bonds is 7. The van der Waals surface area contributed by atoms with E-state index in [-0.39, 0.29) is 48.9 Å². The van der Waals surface area contributed by atoms with Gasteiger partial charge in [-0.15, -0.1) is 30.4 Å².